The molecule has 21 heavy (non-hydrogen) atoms. The highest BCUT2D eigenvalue weighted by atomic mass is 16.5. The molecule has 5 heteroatoms. The number of nitrogens with zero attached hydrogens (tertiary/aromatic N) is 2. The van der Waals surface area contributed by atoms with E-state index in [2.05, 4.69) is 17.1 Å². The van der Waals surface area contributed by atoms with Gasteiger partial charge in [0.05, 0.1) is 6.10 Å². The predicted molar refractivity (Wildman–Crippen MR) is 77.0 cm³/mol. The summed E-state index contributed by atoms with van der Waals surface area (Å²) in [6, 6.07) is 5.88. The molecule has 0 radical (unpaired) electrons. The van der Waals surface area contributed by atoms with E-state index in [4.69, 9.17) is 9.26 Å². The van der Waals surface area contributed by atoms with Gasteiger partial charge < -0.3 is 14.4 Å². The lowest BCUT2D eigenvalue weighted by Gasteiger charge is -2.21. The second kappa shape index (κ2) is 6.26. The van der Waals surface area contributed by atoms with Crippen molar-refractivity contribution in [1.29, 1.82) is 0 Å². The van der Waals surface area contributed by atoms with Crippen LogP contribution < -0.4 is 4.74 Å². The molecule has 1 aliphatic carbocycles. The van der Waals surface area contributed by atoms with Crippen LogP contribution in [0.15, 0.2) is 22.7 Å². The zero-order chi connectivity index (χ0) is 14.7. The lowest BCUT2D eigenvalue weighted by atomic mass is 9.89. The molecule has 1 aliphatic rings. The minimum atomic E-state index is -0.378. The maximum Gasteiger partial charge on any atom is 0.264 e. The van der Waals surface area contributed by atoms with Crippen molar-refractivity contribution >= 4 is 0 Å². The smallest absolute Gasteiger partial charge is 0.264 e. The fourth-order valence-electron chi connectivity index (χ4n) is 2.66. The molecule has 5 nitrogen and oxygen atoms in total. The normalized spacial score (nSPS) is 17.5. The average Bonchev–Trinajstić information content (AvgIpc) is 2.94. The van der Waals surface area contributed by atoms with Crippen LogP contribution in [0.1, 0.15) is 55.1 Å². The largest absolute Gasteiger partial charge is 0.484 e. The van der Waals surface area contributed by atoms with Crippen molar-refractivity contribution in [2.45, 2.75) is 51.7 Å². The van der Waals surface area contributed by atoms with Gasteiger partial charge in [-0.25, -0.2) is 0 Å². The second-order valence-corrected chi connectivity index (χ2v) is 5.41. The Morgan fingerprint density at radius 1 is 1.43 bits per heavy atom. The maximum atomic E-state index is 10.0. The van der Waals surface area contributed by atoms with Gasteiger partial charge in [0.15, 0.2) is 12.4 Å². The number of aliphatic hydroxyl groups is 1. The molecule has 1 aromatic heterocycles. The third-order valence-corrected chi connectivity index (χ3v) is 3.75. The van der Waals surface area contributed by atoms with E-state index in [-0.39, 0.29) is 12.7 Å². The van der Waals surface area contributed by atoms with Crippen LogP contribution in [0.5, 0.6) is 5.75 Å². The number of benzene rings is 1. The number of aliphatic hydroxyl groups excluding tert-OH is 1. The Morgan fingerprint density at radius 2 is 2.33 bits per heavy atom. The monoisotopic (exact) mass is 288 g/mol. The van der Waals surface area contributed by atoms with Gasteiger partial charge in [0.25, 0.3) is 5.89 Å². The van der Waals surface area contributed by atoms with Crippen molar-refractivity contribution in [3.63, 3.8) is 0 Å². The Kier molecular flexibility index (Phi) is 4.20. The van der Waals surface area contributed by atoms with E-state index in [1.54, 1.807) is 0 Å². The third kappa shape index (κ3) is 3.24. The minimum absolute atomic E-state index is 0.256. The quantitative estimate of drug-likeness (QED) is 0.916. The van der Waals surface area contributed by atoms with E-state index in [0.717, 1.165) is 49.2 Å². The highest BCUT2D eigenvalue weighted by Gasteiger charge is 2.18. The van der Waals surface area contributed by atoms with Gasteiger partial charge in [-0.1, -0.05) is 18.1 Å². The van der Waals surface area contributed by atoms with Gasteiger partial charge >= 0.3 is 0 Å². The van der Waals surface area contributed by atoms with E-state index >= 15 is 0 Å². The molecule has 0 fully saturated rings. The van der Waals surface area contributed by atoms with E-state index in [1.807, 2.05) is 18.2 Å². The van der Waals surface area contributed by atoms with Gasteiger partial charge in [0, 0.05) is 6.42 Å². The lowest BCUT2D eigenvalue weighted by molar-refractivity contribution is 0.155. The molecule has 1 unspecified atom stereocenters. The summed E-state index contributed by atoms with van der Waals surface area (Å²) in [7, 11) is 0. The first-order valence-corrected chi connectivity index (χ1v) is 7.51. The number of fused-ring (bicyclic) bond motifs is 1. The van der Waals surface area contributed by atoms with Crippen molar-refractivity contribution in [2.24, 2.45) is 0 Å². The van der Waals surface area contributed by atoms with Gasteiger partial charge in [-0.2, -0.15) is 4.98 Å². The molecule has 112 valence electrons. The van der Waals surface area contributed by atoms with Crippen LogP contribution in [-0.4, -0.2) is 15.2 Å². The molecule has 0 spiro atoms. The SMILES string of the molecule is CCCc1noc(COc2ccc3c(c2)C(O)CCC3)n1. The second-order valence-electron chi connectivity index (χ2n) is 5.41. The Bertz CT molecular complexity index is 609. The van der Waals surface area contributed by atoms with Gasteiger partial charge in [-0.05, 0) is 48.9 Å². The summed E-state index contributed by atoms with van der Waals surface area (Å²) >= 11 is 0. The van der Waals surface area contributed by atoms with Crippen molar-refractivity contribution in [2.75, 3.05) is 0 Å². The maximum absolute atomic E-state index is 10.0. The van der Waals surface area contributed by atoms with Crippen LogP contribution in [0.3, 0.4) is 0 Å². The summed E-state index contributed by atoms with van der Waals surface area (Å²) in [5.74, 6) is 1.93. The zero-order valence-corrected chi connectivity index (χ0v) is 12.2. The zero-order valence-electron chi connectivity index (χ0n) is 12.2. The number of rotatable bonds is 5. The summed E-state index contributed by atoms with van der Waals surface area (Å²) in [4.78, 5) is 4.27. The van der Waals surface area contributed by atoms with E-state index in [1.165, 1.54) is 5.56 Å². The third-order valence-electron chi connectivity index (χ3n) is 3.75. The minimum Gasteiger partial charge on any atom is -0.484 e. The van der Waals surface area contributed by atoms with Crippen LogP contribution in [-0.2, 0) is 19.4 Å². The van der Waals surface area contributed by atoms with Gasteiger partial charge in [-0.15, -0.1) is 0 Å². The van der Waals surface area contributed by atoms with Gasteiger partial charge in [-0.3, -0.25) is 0 Å². The molecule has 1 atom stereocenters. The van der Waals surface area contributed by atoms with E-state index in [0.29, 0.717) is 5.89 Å². The molecular weight excluding hydrogens is 268 g/mol. The molecule has 0 aliphatic heterocycles. The van der Waals surface area contributed by atoms with Crippen LogP contribution in [0, 0.1) is 0 Å². The predicted octanol–water partition coefficient (Wildman–Crippen LogP) is 2.97. The first kappa shape index (κ1) is 14.1. The summed E-state index contributed by atoms with van der Waals surface area (Å²) in [6.07, 6.45) is 4.31. The fraction of sp³-hybridized carbons (Fsp3) is 0.500. The van der Waals surface area contributed by atoms with Gasteiger partial charge in [0.1, 0.15) is 5.75 Å². The highest BCUT2D eigenvalue weighted by Crippen LogP contribution is 2.32. The summed E-state index contributed by atoms with van der Waals surface area (Å²) in [5, 5.41) is 13.9. The molecule has 0 bridgehead atoms. The Morgan fingerprint density at radius 3 is 3.19 bits per heavy atom. The molecule has 3 rings (SSSR count). The topological polar surface area (TPSA) is 68.4 Å². The van der Waals surface area contributed by atoms with Crippen LogP contribution in [0.4, 0.5) is 0 Å². The average molecular weight is 288 g/mol. The molecular formula is C16H20N2O3. The molecule has 0 amide bonds. The summed E-state index contributed by atoms with van der Waals surface area (Å²) in [6.45, 7) is 2.33. The number of aromatic nitrogens is 2. The first-order valence-electron chi connectivity index (χ1n) is 7.51. The van der Waals surface area contributed by atoms with Crippen LogP contribution in [0.25, 0.3) is 0 Å². The van der Waals surface area contributed by atoms with Crippen molar-refractivity contribution in [3.05, 3.63) is 41.0 Å². The fourth-order valence-corrected chi connectivity index (χ4v) is 2.66. The summed E-state index contributed by atoms with van der Waals surface area (Å²) in [5.41, 5.74) is 2.19. The molecule has 1 N–H and O–H groups in total. The Balaban J connectivity index is 1.66. The highest BCUT2D eigenvalue weighted by molar-refractivity contribution is 5.38. The molecule has 1 heterocycles. The number of hydrogen-bond acceptors (Lipinski definition) is 5. The van der Waals surface area contributed by atoms with E-state index in [9.17, 15) is 5.11 Å². The number of hydrogen-bond donors (Lipinski definition) is 1. The summed E-state index contributed by atoms with van der Waals surface area (Å²) < 4.78 is 10.8. The molecule has 0 saturated carbocycles. The Hall–Kier alpha value is -1.88. The molecule has 0 saturated heterocycles. The Labute approximate surface area is 123 Å². The first-order chi connectivity index (χ1) is 10.3. The van der Waals surface area contributed by atoms with Gasteiger partial charge in [0.2, 0.25) is 0 Å². The number of ether oxygens (including phenoxy) is 1. The van der Waals surface area contributed by atoms with Crippen molar-refractivity contribution in [1.82, 2.24) is 10.1 Å². The number of aryl methyl sites for hydroxylation is 2. The van der Waals surface area contributed by atoms with Crippen molar-refractivity contribution in [3.8, 4) is 5.75 Å². The van der Waals surface area contributed by atoms with Crippen LogP contribution in [0.2, 0.25) is 0 Å². The lowest BCUT2D eigenvalue weighted by Crippen LogP contribution is -2.09. The van der Waals surface area contributed by atoms with Crippen molar-refractivity contribution < 1.29 is 14.4 Å². The molecule has 2 aromatic rings. The van der Waals surface area contributed by atoms with Crippen LogP contribution >= 0.6 is 0 Å². The standard InChI is InChI=1S/C16H20N2O3/c1-2-4-15-17-16(21-18-15)10-20-12-8-7-11-5-3-6-14(19)13(11)9-12/h7-9,14,19H,2-6,10H2,1H3. The molecule has 1 aromatic carbocycles. The van der Waals surface area contributed by atoms with E-state index < -0.39 is 0 Å².